The highest BCUT2D eigenvalue weighted by molar-refractivity contribution is 5.65. The average Bonchev–Trinajstić information content (AvgIpc) is 1.91. The summed E-state index contributed by atoms with van der Waals surface area (Å²) in [5.74, 6) is -1.44. The molecular formula is C6H13O4-. The number of carboxylic acids is 1. The first-order valence-electron chi connectivity index (χ1n) is 3.07. The van der Waals surface area contributed by atoms with Crippen molar-refractivity contribution in [2.45, 2.75) is 13.8 Å². The van der Waals surface area contributed by atoms with Crippen LogP contribution in [0.1, 0.15) is 13.8 Å². The van der Waals surface area contributed by atoms with E-state index >= 15 is 0 Å². The van der Waals surface area contributed by atoms with Crippen molar-refractivity contribution in [3.63, 3.8) is 0 Å². The fraction of sp³-hybridized carbons (Fsp3) is 0.833. The van der Waals surface area contributed by atoms with E-state index in [-0.39, 0.29) is 0 Å². The molecule has 0 aliphatic carbocycles. The third-order valence-corrected chi connectivity index (χ3v) is 0.537. The molecule has 62 valence electrons. The molecule has 0 aromatic heterocycles. The Morgan fingerprint density at radius 2 is 1.80 bits per heavy atom. The molecule has 0 saturated heterocycles. The molecule has 0 unspecified atom stereocenters. The van der Waals surface area contributed by atoms with Crippen LogP contribution in [0.4, 0.5) is 0 Å². The van der Waals surface area contributed by atoms with Gasteiger partial charge < -0.3 is 19.7 Å². The molecule has 4 nitrogen and oxygen atoms in total. The van der Waals surface area contributed by atoms with E-state index in [4.69, 9.17) is 19.7 Å². The first kappa shape index (κ1) is 12.1. The van der Waals surface area contributed by atoms with Gasteiger partial charge >= 0.3 is 0 Å². The van der Waals surface area contributed by atoms with Gasteiger partial charge in [0.15, 0.2) is 0 Å². The maximum Gasteiger partial charge on any atom is 0.0826 e. The highest BCUT2D eigenvalue weighted by Gasteiger charge is 1.66. The molecule has 1 N–H and O–H groups in total. The zero-order valence-corrected chi connectivity index (χ0v) is 6.29. The van der Waals surface area contributed by atoms with Gasteiger partial charge in [0.25, 0.3) is 0 Å². The van der Waals surface area contributed by atoms with Crippen LogP contribution >= 0.6 is 0 Å². The van der Waals surface area contributed by atoms with Crippen molar-refractivity contribution in [1.82, 2.24) is 0 Å². The van der Waals surface area contributed by atoms with E-state index in [9.17, 15) is 0 Å². The van der Waals surface area contributed by atoms with Gasteiger partial charge in [-0.1, -0.05) is 0 Å². The monoisotopic (exact) mass is 149 g/mol. The Kier molecular flexibility index (Phi) is 13.6. The average molecular weight is 149 g/mol. The molecule has 0 saturated carbocycles. The van der Waals surface area contributed by atoms with Crippen molar-refractivity contribution >= 4 is 5.97 Å². The number of rotatable bonds is 3. The lowest BCUT2D eigenvalue weighted by Crippen LogP contribution is -2.25. The lowest BCUT2D eigenvalue weighted by molar-refractivity contribution is -0.308. The largest absolute Gasteiger partial charge is 0.548 e. The first-order valence-corrected chi connectivity index (χ1v) is 3.07. The molecule has 0 rings (SSSR count). The number of ether oxygens (including phenoxy) is 1. The van der Waals surface area contributed by atoms with Crippen molar-refractivity contribution in [3.05, 3.63) is 0 Å². The molecule has 0 radical (unpaired) electrons. The third kappa shape index (κ3) is 26.3. The van der Waals surface area contributed by atoms with Crippen LogP contribution in [-0.4, -0.2) is 30.9 Å². The molecule has 10 heavy (non-hydrogen) atoms. The Balaban J connectivity index is 0. The van der Waals surface area contributed by atoms with Crippen molar-refractivity contribution < 1.29 is 19.7 Å². The van der Waals surface area contributed by atoms with Gasteiger partial charge in [-0.3, -0.25) is 0 Å². The Labute approximate surface area is 60.4 Å². The number of aliphatic carboxylic acids is 1. The van der Waals surface area contributed by atoms with Gasteiger partial charge in [-0.2, -0.15) is 0 Å². The van der Waals surface area contributed by atoms with E-state index in [1.165, 1.54) is 0 Å². The molecule has 0 aliphatic heterocycles. The fourth-order valence-corrected chi connectivity index (χ4v) is 0.204. The summed E-state index contributed by atoms with van der Waals surface area (Å²) in [5.41, 5.74) is 0. The topological polar surface area (TPSA) is 69.6 Å². The predicted octanol–water partition coefficient (Wildman–Crippen LogP) is -1.23. The van der Waals surface area contributed by atoms with Crippen molar-refractivity contribution in [2.75, 3.05) is 19.8 Å². The first-order chi connectivity index (χ1) is 4.68. The van der Waals surface area contributed by atoms with Crippen LogP contribution in [0.25, 0.3) is 0 Å². The molecule has 0 fully saturated rings. The van der Waals surface area contributed by atoms with Gasteiger partial charge in [0, 0.05) is 13.2 Å². The lowest BCUT2D eigenvalue weighted by Gasteiger charge is -1.86. The highest BCUT2D eigenvalue weighted by atomic mass is 16.5. The smallest absolute Gasteiger partial charge is 0.0826 e. The van der Waals surface area contributed by atoms with Crippen molar-refractivity contribution in [1.29, 1.82) is 0 Å². The van der Waals surface area contributed by atoms with Crippen LogP contribution in [0.5, 0.6) is 0 Å². The van der Waals surface area contributed by atoms with Gasteiger partial charge in [-0.25, -0.2) is 0 Å². The predicted molar refractivity (Wildman–Crippen MR) is 34.3 cm³/mol. The summed E-state index contributed by atoms with van der Waals surface area (Å²) >= 11 is 0. The van der Waals surface area contributed by atoms with E-state index in [1.807, 2.05) is 13.8 Å². The third-order valence-electron chi connectivity index (χ3n) is 0.537. The minimum absolute atomic E-state index is 0.844. The second-order valence-electron chi connectivity index (χ2n) is 1.31. The maximum atomic E-state index is 9.01. The van der Waals surface area contributed by atoms with E-state index < -0.39 is 12.6 Å². The number of hydrogen-bond donors (Lipinski definition) is 1. The Bertz CT molecular complexity index is 70.1. The zero-order valence-electron chi connectivity index (χ0n) is 6.29. The minimum Gasteiger partial charge on any atom is -0.548 e. The Morgan fingerprint density at radius 3 is 1.80 bits per heavy atom. The van der Waals surface area contributed by atoms with E-state index in [1.54, 1.807) is 0 Å². The Hall–Kier alpha value is -0.610. The van der Waals surface area contributed by atoms with Crippen LogP contribution < -0.4 is 5.11 Å². The fourth-order valence-electron chi connectivity index (χ4n) is 0.204. The van der Waals surface area contributed by atoms with Gasteiger partial charge in [0.05, 0.1) is 12.6 Å². The number of carboxylic acid groups (broad SMARTS) is 1. The minimum atomic E-state index is -1.44. The summed E-state index contributed by atoms with van der Waals surface area (Å²) in [5, 5.41) is 16.5. The van der Waals surface area contributed by atoms with Gasteiger partial charge in [0.2, 0.25) is 0 Å². The summed E-state index contributed by atoms with van der Waals surface area (Å²) in [7, 11) is 0. The standard InChI is InChI=1S/C4H10O.C2H4O3/c1-3-5-4-2;3-1-2(4)5/h3-4H2,1-2H3;3H,1H2,(H,4,5)/p-1. The van der Waals surface area contributed by atoms with Crippen molar-refractivity contribution in [3.8, 4) is 0 Å². The molecule has 0 heterocycles. The van der Waals surface area contributed by atoms with Crippen LogP contribution in [0.2, 0.25) is 0 Å². The van der Waals surface area contributed by atoms with Crippen LogP contribution in [0.3, 0.4) is 0 Å². The molecule has 0 spiro atoms. The second-order valence-corrected chi connectivity index (χ2v) is 1.31. The molecule has 0 amide bonds. The van der Waals surface area contributed by atoms with E-state index in [2.05, 4.69) is 0 Å². The molecule has 0 aromatic carbocycles. The van der Waals surface area contributed by atoms with Crippen molar-refractivity contribution in [2.24, 2.45) is 0 Å². The van der Waals surface area contributed by atoms with Crippen LogP contribution in [0.15, 0.2) is 0 Å². The molecule has 0 aromatic rings. The maximum absolute atomic E-state index is 9.01. The molecule has 0 atom stereocenters. The van der Waals surface area contributed by atoms with Gasteiger partial charge in [-0.15, -0.1) is 0 Å². The van der Waals surface area contributed by atoms with Gasteiger partial charge in [-0.05, 0) is 13.8 Å². The summed E-state index contributed by atoms with van der Waals surface area (Å²) in [6.07, 6.45) is 0. The summed E-state index contributed by atoms with van der Waals surface area (Å²) < 4.78 is 4.83. The van der Waals surface area contributed by atoms with E-state index in [0.717, 1.165) is 13.2 Å². The lowest BCUT2D eigenvalue weighted by atomic mass is 10.8. The quantitative estimate of drug-likeness (QED) is 0.545. The molecular weight excluding hydrogens is 136 g/mol. The normalized spacial score (nSPS) is 7.90. The molecule has 0 aliphatic rings. The SMILES string of the molecule is CCOCC.O=C([O-])CO. The zero-order chi connectivity index (χ0) is 8.41. The molecule has 4 heteroatoms. The van der Waals surface area contributed by atoms with Crippen LogP contribution in [-0.2, 0) is 9.53 Å². The second kappa shape index (κ2) is 11.2. The highest BCUT2D eigenvalue weighted by Crippen LogP contribution is 1.64. The number of aliphatic hydroxyl groups is 1. The number of carbonyl (C=O) groups excluding carboxylic acids is 1. The van der Waals surface area contributed by atoms with Crippen LogP contribution in [0, 0.1) is 0 Å². The van der Waals surface area contributed by atoms with E-state index in [0.29, 0.717) is 0 Å². The number of hydrogen-bond acceptors (Lipinski definition) is 4. The summed E-state index contributed by atoms with van der Waals surface area (Å²) in [6.45, 7) is 4.78. The van der Waals surface area contributed by atoms with Gasteiger partial charge in [0.1, 0.15) is 0 Å². The summed E-state index contributed by atoms with van der Waals surface area (Å²) in [6, 6.07) is 0. The summed E-state index contributed by atoms with van der Waals surface area (Å²) in [4.78, 5) is 9.01. The number of carbonyl (C=O) groups is 1. The number of aliphatic hydroxyl groups excluding tert-OH is 1. The Morgan fingerprint density at radius 1 is 1.50 bits per heavy atom. The molecule has 0 bridgehead atoms.